The monoisotopic (exact) mass is 376 g/mol. The van der Waals surface area contributed by atoms with Crippen molar-refractivity contribution in [2.45, 2.75) is 32.2 Å². The van der Waals surface area contributed by atoms with E-state index in [1.807, 2.05) is 53.8 Å². The second-order valence-corrected chi connectivity index (χ2v) is 6.34. The number of carbonyl (C=O) groups excluding carboxylic acids is 1. The minimum Gasteiger partial charge on any atom is -0.487 e. The Kier molecular flexibility index (Phi) is 5.39. The largest absolute Gasteiger partial charge is 0.487 e. The molecule has 0 unspecified atom stereocenters. The van der Waals surface area contributed by atoms with E-state index in [1.165, 1.54) is 6.92 Å². The predicted octanol–water partition coefficient (Wildman–Crippen LogP) is 4.36. The van der Waals surface area contributed by atoms with Crippen LogP contribution in [-0.4, -0.2) is 23.1 Å². The summed E-state index contributed by atoms with van der Waals surface area (Å²) in [6, 6.07) is 14.6. The summed E-state index contributed by atoms with van der Waals surface area (Å²) >= 11 is 0. The number of H-pyrrole nitrogens is 1. The normalized spacial score (nSPS) is 12.7. The van der Waals surface area contributed by atoms with E-state index in [0.29, 0.717) is 12.4 Å². The molecule has 0 aliphatic heterocycles. The number of hydrogen-bond donors (Lipinski definition) is 2. The molecule has 1 heterocycles. The highest BCUT2D eigenvalue weighted by Gasteiger charge is 2.39. The number of hydrogen-bond acceptors (Lipinski definition) is 2. The number of benzene rings is 2. The highest BCUT2D eigenvalue weighted by atomic mass is 19.4. The summed E-state index contributed by atoms with van der Waals surface area (Å²) in [4.78, 5) is 14.2. The Labute approximate surface area is 154 Å². The van der Waals surface area contributed by atoms with E-state index in [0.717, 1.165) is 22.0 Å². The van der Waals surface area contributed by atoms with Crippen molar-refractivity contribution < 1.29 is 22.7 Å². The topological polar surface area (TPSA) is 54.1 Å². The van der Waals surface area contributed by atoms with Crippen molar-refractivity contribution >= 4 is 16.8 Å². The van der Waals surface area contributed by atoms with Crippen molar-refractivity contribution in [3.05, 3.63) is 65.9 Å². The molecule has 0 saturated heterocycles. The Balaban J connectivity index is 1.72. The molecule has 7 heteroatoms. The molecule has 4 nitrogen and oxygen atoms in total. The zero-order chi connectivity index (χ0) is 19.4. The smallest absolute Gasteiger partial charge is 0.471 e. The number of aromatic nitrogens is 1. The molecule has 0 radical (unpaired) electrons. The fourth-order valence-corrected chi connectivity index (χ4v) is 2.90. The molecule has 2 aromatic carbocycles. The molecule has 0 saturated carbocycles. The van der Waals surface area contributed by atoms with Crippen LogP contribution in [0.3, 0.4) is 0 Å². The average molecular weight is 376 g/mol. The Morgan fingerprint density at radius 2 is 1.89 bits per heavy atom. The molecule has 1 atom stereocenters. The summed E-state index contributed by atoms with van der Waals surface area (Å²) in [5.74, 6) is -1.27. The van der Waals surface area contributed by atoms with Gasteiger partial charge in [-0.15, -0.1) is 0 Å². The maximum atomic E-state index is 12.4. The standard InChI is InChI=1S/C20H19F3N2O2/c1-13(25-19(26)20(21,22)23)10-15-11-24-18-16(15)8-5-9-17(18)27-12-14-6-3-2-4-7-14/h2-9,11,13,24H,10,12H2,1H3,(H,25,26)/t13-/m0/s1. The van der Waals surface area contributed by atoms with Crippen LogP contribution in [0.25, 0.3) is 10.9 Å². The number of amides is 1. The zero-order valence-electron chi connectivity index (χ0n) is 14.6. The van der Waals surface area contributed by atoms with Gasteiger partial charge in [0.2, 0.25) is 0 Å². The molecular formula is C20H19F3N2O2. The lowest BCUT2D eigenvalue weighted by atomic mass is 10.1. The summed E-state index contributed by atoms with van der Waals surface area (Å²) < 4.78 is 43.0. The van der Waals surface area contributed by atoms with Gasteiger partial charge in [-0.1, -0.05) is 42.5 Å². The summed E-state index contributed by atoms with van der Waals surface area (Å²) in [5.41, 5.74) is 2.62. The number of para-hydroxylation sites is 1. The predicted molar refractivity (Wildman–Crippen MR) is 96.4 cm³/mol. The molecule has 1 aromatic heterocycles. The molecule has 0 aliphatic rings. The first-order valence-electron chi connectivity index (χ1n) is 8.48. The van der Waals surface area contributed by atoms with Crippen molar-refractivity contribution in [2.75, 3.05) is 0 Å². The number of alkyl halides is 3. The zero-order valence-corrected chi connectivity index (χ0v) is 14.6. The minimum absolute atomic E-state index is 0.268. The van der Waals surface area contributed by atoms with Crippen LogP contribution in [0, 0.1) is 0 Å². The van der Waals surface area contributed by atoms with Gasteiger partial charge in [0.05, 0.1) is 5.52 Å². The molecule has 1 amide bonds. The van der Waals surface area contributed by atoms with Crippen molar-refractivity contribution in [3.63, 3.8) is 0 Å². The van der Waals surface area contributed by atoms with Gasteiger partial charge in [0, 0.05) is 17.6 Å². The van der Waals surface area contributed by atoms with E-state index >= 15 is 0 Å². The average Bonchev–Trinajstić information content (AvgIpc) is 3.03. The summed E-state index contributed by atoms with van der Waals surface area (Å²) in [6.45, 7) is 1.95. The number of carbonyl (C=O) groups is 1. The van der Waals surface area contributed by atoms with E-state index in [4.69, 9.17) is 4.74 Å². The second kappa shape index (κ2) is 7.73. The van der Waals surface area contributed by atoms with Gasteiger partial charge in [0.25, 0.3) is 0 Å². The summed E-state index contributed by atoms with van der Waals surface area (Å²) in [5, 5.41) is 2.83. The molecular weight excluding hydrogens is 357 g/mol. The maximum Gasteiger partial charge on any atom is 0.471 e. The molecule has 142 valence electrons. The van der Waals surface area contributed by atoms with Gasteiger partial charge in [0.1, 0.15) is 12.4 Å². The Bertz CT molecular complexity index is 920. The van der Waals surface area contributed by atoms with Crippen LogP contribution in [-0.2, 0) is 17.8 Å². The molecule has 0 fully saturated rings. The fourth-order valence-electron chi connectivity index (χ4n) is 2.90. The first-order valence-corrected chi connectivity index (χ1v) is 8.48. The van der Waals surface area contributed by atoms with E-state index < -0.39 is 18.1 Å². The molecule has 27 heavy (non-hydrogen) atoms. The molecule has 0 aliphatic carbocycles. The van der Waals surface area contributed by atoms with Crippen LogP contribution >= 0.6 is 0 Å². The van der Waals surface area contributed by atoms with Crippen molar-refractivity contribution in [2.24, 2.45) is 0 Å². The molecule has 3 aromatic rings. The van der Waals surface area contributed by atoms with Crippen LogP contribution < -0.4 is 10.1 Å². The van der Waals surface area contributed by atoms with Crippen LogP contribution in [0.2, 0.25) is 0 Å². The van der Waals surface area contributed by atoms with Gasteiger partial charge < -0.3 is 15.0 Å². The third kappa shape index (κ3) is 4.61. The summed E-state index contributed by atoms with van der Waals surface area (Å²) in [7, 11) is 0. The number of ether oxygens (including phenoxy) is 1. The summed E-state index contributed by atoms with van der Waals surface area (Å²) in [6.07, 6.45) is -2.88. The van der Waals surface area contributed by atoms with Crippen LogP contribution in [0.4, 0.5) is 13.2 Å². The van der Waals surface area contributed by atoms with E-state index in [-0.39, 0.29) is 6.42 Å². The van der Waals surface area contributed by atoms with E-state index in [1.54, 1.807) is 6.20 Å². The second-order valence-electron chi connectivity index (χ2n) is 6.34. The lowest BCUT2D eigenvalue weighted by molar-refractivity contribution is -0.174. The maximum absolute atomic E-state index is 12.4. The lowest BCUT2D eigenvalue weighted by Gasteiger charge is -2.15. The quantitative estimate of drug-likeness (QED) is 0.672. The molecule has 0 spiro atoms. The Morgan fingerprint density at radius 3 is 2.59 bits per heavy atom. The van der Waals surface area contributed by atoms with Crippen LogP contribution in [0.15, 0.2) is 54.7 Å². The number of rotatable bonds is 6. The van der Waals surface area contributed by atoms with Gasteiger partial charge in [-0.25, -0.2) is 0 Å². The van der Waals surface area contributed by atoms with Gasteiger partial charge in [-0.3, -0.25) is 4.79 Å². The van der Waals surface area contributed by atoms with Gasteiger partial charge in [-0.05, 0) is 30.5 Å². The number of aromatic amines is 1. The van der Waals surface area contributed by atoms with Crippen molar-refractivity contribution in [1.29, 1.82) is 0 Å². The number of halogens is 3. The van der Waals surface area contributed by atoms with Crippen LogP contribution in [0.5, 0.6) is 5.75 Å². The van der Waals surface area contributed by atoms with E-state index in [9.17, 15) is 18.0 Å². The number of fused-ring (bicyclic) bond motifs is 1. The van der Waals surface area contributed by atoms with Gasteiger partial charge in [-0.2, -0.15) is 13.2 Å². The van der Waals surface area contributed by atoms with Gasteiger partial charge >= 0.3 is 12.1 Å². The first-order chi connectivity index (χ1) is 12.8. The third-order valence-corrected chi connectivity index (χ3v) is 4.16. The Morgan fingerprint density at radius 1 is 1.15 bits per heavy atom. The minimum atomic E-state index is -4.88. The SMILES string of the molecule is C[C@@H](Cc1c[nH]c2c(OCc3ccccc3)cccc12)NC(=O)C(F)(F)F. The number of nitrogens with one attached hydrogen (secondary N) is 2. The fraction of sp³-hybridized carbons (Fsp3) is 0.250. The van der Waals surface area contributed by atoms with Crippen molar-refractivity contribution in [1.82, 2.24) is 10.3 Å². The highest BCUT2D eigenvalue weighted by molar-refractivity contribution is 5.88. The lowest BCUT2D eigenvalue weighted by Crippen LogP contribution is -2.42. The Hall–Kier alpha value is -2.96. The highest BCUT2D eigenvalue weighted by Crippen LogP contribution is 2.28. The third-order valence-electron chi connectivity index (χ3n) is 4.16. The van der Waals surface area contributed by atoms with Gasteiger partial charge in [0.15, 0.2) is 0 Å². The molecule has 3 rings (SSSR count). The molecule has 0 bridgehead atoms. The van der Waals surface area contributed by atoms with Crippen LogP contribution in [0.1, 0.15) is 18.1 Å². The van der Waals surface area contributed by atoms with E-state index in [2.05, 4.69) is 4.98 Å². The first kappa shape index (κ1) is 18.8. The molecule has 2 N–H and O–H groups in total. The van der Waals surface area contributed by atoms with Crippen molar-refractivity contribution in [3.8, 4) is 5.75 Å².